The second kappa shape index (κ2) is 8.02. The van der Waals surface area contributed by atoms with Crippen molar-refractivity contribution in [3.05, 3.63) is 23.9 Å². The quantitative estimate of drug-likeness (QED) is 0.790. The lowest BCUT2D eigenvalue weighted by Gasteiger charge is -2.39. The van der Waals surface area contributed by atoms with Gasteiger partial charge in [0.05, 0.1) is 0 Å². The van der Waals surface area contributed by atoms with E-state index in [4.69, 9.17) is 9.47 Å². The molecule has 140 valence electrons. The third-order valence-electron chi connectivity index (χ3n) is 4.27. The first-order chi connectivity index (χ1) is 11.7. The number of aromatic nitrogens is 1. The van der Waals surface area contributed by atoms with Crippen LogP contribution in [0.4, 0.5) is 9.18 Å². The maximum absolute atomic E-state index is 13.4. The minimum Gasteiger partial charge on any atom is -0.474 e. The molecule has 0 N–H and O–H groups in total. The van der Waals surface area contributed by atoms with Crippen LogP contribution in [0.25, 0.3) is 0 Å². The molecule has 1 aromatic rings. The summed E-state index contributed by atoms with van der Waals surface area (Å²) in [6.45, 7) is 9.72. The van der Waals surface area contributed by atoms with Gasteiger partial charge in [-0.1, -0.05) is 6.92 Å². The summed E-state index contributed by atoms with van der Waals surface area (Å²) in [4.78, 5) is 18.3. The van der Waals surface area contributed by atoms with Crippen LogP contribution in [0.1, 0.15) is 65.6 Å². The maximum atomic E-state index is 13.4. The second-order valence-electron chi connectivity index (χ2n) is 7.54. The standard InChI is InChI=1S/C19H29FN2O3/c1-6-15-12-16(8-10-22(15)18(23)25-19(3,4)5)24-17-11-14(13(2)20)7-9-21-17/h7,9,11,13,15-16H,6,8,10,12H2,1-5H3/t13?,15-,16-/m0/s1. The van der Waals surface area contributed by atoms with Crippen LogP contribution in [0.2, 0.25) is 0 Å². The van der Waals surface area contributed by atoms with Gasteiger partial charge in [0.15, 0.2) is 0 Å². The third-order valence-corrected chi connectivity index (χ3v) is 4.27. The Morgan fingerprint density at radius 3 is 2.80 bits per heavy atom. The van der Waals surface area contributed by atoms with E-state index in [1.54, 1.807) is 23.2 Å². The number of alkyl halides is 1. The summed E-state index contributed by atoms with van der Waals surface area (Å²) in [6.07, 6.45) is 2.44. The highest BCUT2D eigenvalue weighted by molar-refractivity contribution is 5.68. The minimum atomic E-state index is -1.05. The molecule has 1 amide bonds. The summed E-state index contributed by atoms with van der Waals surface area (Å²) in [5.41, 5.74) is 0.0547. The normalized spacial score (nSPS) is 22.4. The highest BCUT2D eigenvalue weighted by Gasteiger charge is 2.34. The van der Waals surface area contributed by atoms with Crippen LogP contribution in [0.5, 0.6) is 5.88 Å². The van der Waals surface area contributed by atoms with Crippen LogP contribution < -0.4 is 4.74 Å². The molecular weight excluding hydrogens is 323 g/mol. The molecule has 1 fully saturated rings. The SMILES string of the molecule is CC[C@H]1C[C@@H](Oc2cc(C(C)F)ccn2)CCN1C(=O)OC(C)(C)C. The first kappa shape index (κ1) is 19.5. The monoisotopic (exact) mass is 352 g/mol. The van der Waals surface area contributed by atoms with Crippen molar-refractivity contribution in [3.8, 4) is 5.88 Å². The summed E-state index contributed by atoms with van der Waals surface area (Å²) >= 11 is 0. The molecule has 1 unspecified atom stereocenters. The molecule has 25 heavy (non-hydrogen) atoms. The van der Waals surface area contributed by atoms with Crippen LogP contribution >= 0.6 is 0 Å². The number of rotatable bonds is 4. The highest BCUT2D eigenvalue weighted by atomic mass is 19.1. The molecule has 1 aliphatic rings. The zero-order valence-corrected chi connectivity index (χ0v) is 15.8. The van der Waals surface area contributed by atoms with Gasteiger partial charge in [0.1, 0.15) is 17.9 Å². The number of hydrogen-bond donors (Lipinski definition) is 0. The molecule has 2 rings (SSSR count). The van der Waals surface area contributed by atoms with E-state index in [9.17, 15) is 9.18 Å². The Labute approximate surface area is 149 Å². The molecule has 3 atom stereocenters. The van der Waals surface area contributed by atoms with Crippen molar-refractivity contribution < 1.29 is 18.7 Å². The molecule has 5 nitrogen and oxygen atoms in total. The summed E-state index contributed by atoms with van der Waals surface area (Å²) in [7, 11) is 0. The van der Waals surface area contributed by atoms with E-state index in [1.165, 1.54) is 6.92 Å². The van der Waals surface area contributed by atoms with Gasteiger partial charge in [-0.2, -0.15) is 0 Å². The van der Waals surface area contributed by atoms with Gasteiger partial charge in [-0.25, -0.2) is 14.2 Å². The Balaban J connectivity index is 1.99. The van der Waals surface area contributed by atoms with Gasteiger partial charge in [0.25, 0.3) is 0 Å². The first-order valence-corrected chi connectivity index (χ1v) is 8.96. The lowest BCUT2D eigenvalue weighted by Crippen LogP contribution is -2.50. The minimum absolute atomic E-state index is 0.0405. The summed E-state index contributed by atoms with van der Waals surface area (Å²) < 4.78 is 24.9. The van der Waals surface area contributed by atoms with E-state index in [0.717, 1.165) is 6.42 Å². The van der Waals surface area contributed by atoms with E-state index in [1.807, 2.05) is 27.7 Å². The summed E-state index contributed by atoms with van der Waals surface area (Å²) in [5, 5.41) is 0. The van der Waals surface area contributed by atoms with Crippen molar-refractivity contribution in [3.63, 3.8) is 0 Å². The average Bonchev–Trinajstić information content (AvgIpc) is 2.53. The Kier molecular flexibility index (Phi) is 6.25. The molecule has 1 aromatic heterocycles. The molecule has 0 saturated carbocycles. The number of ether oxygens (including phenoxy) is 2. The Bertz CT molecular complexity index is 586. The highest BCUT2D eigenvalue weighted by Crippen LogP contribution is 2.27. The fourth-order valence-corrected chi connectivity index (χ4v) is 2.98. The molecule has 0 spiro atoms. The first-order valence-electron chi connectivity index (χ1n) is 8.96. The largest absolute Gasteiger partial charge is 0.474 e. The number of carbonyl (C=O) groups excluding carboxylic acids is 1. The third kappa shape index (κ3) is 5.58. The lowest BCUT2D eigenvalue weighted by molar-refractivity contribution is -0.00518. The van der Waals surface area contributed by atoms with E-state index in [-0.39, 0.29) is 18.2 Å². The second-order valence-corrected chi connectivity index (χ2v) is 7.54. The Hall–Kier alpha value is -1.85. The average molecular weight is 352 g/mol. The fraction of sp³-hybridized carbons (Fsp3) is 0.684. The van der Waals surface area contributed by atoms with Gasteiger partial charge in [-0.3, -0.25) is 0 Å². The molecule has 1 aliphatic heterocycles. The predicted octanol–water partition coefficient (Wildman–Crippen LogP) is 4.67. The van der Waals surface area contributed by atoms with Crippen LogP contribution in [-0.4, -0.2) is 40.3 Å². The van der Waals surface area contributed by atoms with Crippen molar-refractivity contribution in [1.29, 1.82) is 0 Å². The van der Waals surface area contributed by atoms with Crippen molar-refractivity contribution in [2.24, 2.45) is 0 Å². The topological polar surface area (TPSA) is 51.7 Å². The zero-order valence-electron chi connectivity index (χ0n) is 15.8. The van der Waals surface area contributed by atoms with Crippen molar-refractivity contribution in [2.75, 3.05) is 6.54 Å². The van der Waals surface area contributed by atoms with Gasteiger partial charge >= 0.3 is 6.09 Å². The van der Waals surface area contributed by atoms with Gasteiger partial charge in [-0.05, 0) is 45.7 Å². The van der Waals surface area contributed by atoms with E-state index < -0.39 is 11.8 Å². The Morgan fingerprint density at radius 1 is 1.48 bits per heavy atom. The maximum Gasteiger partial charge on any atom is 0.410 e. The smallest absolute Gasteiger partial charge is 0.410 e. The lowest BCUT2D eigenvalue weighted by atomic mass is 9.98. The van der Waals surface area contributed by atoms with Crippen molar-refractivity contribution in [1.82, 2.24) is 9.88 Å². The number of hydrogen-bond acceptors (Lipinski definition) is 4. The Morgan fingerprint density at radius 2 is 2.20 bits per heavy atom. The van der Waals surface area contributed by atoms with Gasteiger partial charge in [0, 0.05) is 37.7 Å². The summed E-state index contributed by atoms with van der Waals surface area (Å²) in [6, 6.07) is 3.36. The van der Waals surface area contributed by atoms with E-state index >= 15 is 0 Å². The molecule has 0 radical (unpaired) electrons. The molecule has 1 saturated heterocycles. The van der Waals surface area contributed by atoms with Crippen molar-refractivity contribution >= 4 is 6.09 Å². The molecule has 0 aliphatic carbocycles. The molecule has 6 heteroatoms. The van der Waals surface area contributed by atoms with Crippen molar-refractivity contribution in [2.45, 2.75) is 77.8 Å². The number of piperidine rings is 1. The number of amides is 1. The van der Waals surface area contributed by atoms with Gasteiger partial charge in [-0.15, -0.1) is 0 Å². The molecule has 0 bridgehead atoms. The van der Waals surface area contributed by atoms with E-state index in [2.05, 4.69) is 4.98 Å². The van der Waals surface area contributed by atoms with E-state index in [0.29, 0.717) is 30.8 Å². The number of nitrogens with zero attached hydrogens (tertiary/aromatic N) is 2. The molecular formula is C19H29FN2O3. The van der Waals surface area contributed by atoms with Crippen LogP contribution in [0, 0.1) is 0 Å². The molecule has 0 aromatic carbocycles. The number of likely N-dealkylation sites (tertiary alicyclic amines) is 1. The number of pyridine rings is 1. The fourth-order valence-electron chi connectivity index (χ4n) is 2.98. The number of halogens is 1. The van der Waals surface area contributed by atoms with Crippen LogP contribution in [-0.2, 0) is 4.74 Å². The van der Waals surface area contributed by atoms with Crippen LogP contribution in [0.15, 0.2) is 18.3 Å². The van der Waals surface area contributed by atoms with Gasteiger partial charge < -0.3 is 14.4 Å². The summed E-state index contributed by atoms with van der Waals surface area (Å²) in [5.74, 6) is 0.438. The predicted molar refractivity (Wildman–Crippen MR) is 94.4 cm³/mol. The zero-order chi connectivity index (χ0) is 18.6. The number of carbonyl (C=O) groups is 1. The molecule has 2 heterocycles. The van der Waals surface area contributed by atoms with Crippen LogP contribution in [0.3, 0.4) is 0 Å². The van der Waals surface area contributed by atoms with Gasteiger partial charge in [0.2, 0.25) is 5.88 Å².